The average Bonchev–Trinajstić information content (AvgIpc) is 3.01. The lowest BCUT2D eigenvalue weighted by Crippen LogP contribution is -2.32. The molecular formula is C34H29ClN2O3S2. The van der Waals surface area contributed by atoms with Crippen molar-refractivity contribution in [1.82, 2.24) is 0 Å². The number of hydrogen-bond acceptors (Lipinski definition) is 4. The number of carbonyl (C=O) groups is 1. The number of carbonyl (C=O) groups excluding carboxylic acids is 1. The summed E-state index contributed by atoms with van der Waals surface area (Å²) in [4.78, 5) is 14.9. The fourth-order valence-corrected chi connectivity index (χ4v) is 6.82. The highest BCUT2D eigenvalue weighted by atomic mass is 35.5. The van der Waals surface area contributed by atoms with Crippen LogP contribution in [-0.2, 0) is 22.3 Å². The quantitative estimate of drug-likeness (QED) is 0.160. The molecule has 5 rings (SSSR count). The van der Waals surface area contributed by atoms with Crippen LogP contribution in [0.25, 0.3) is 0 Å². The Morgan fingerprint density at radius 1 is 0.762 bits per heavy atom. The van der Waals surface area contributed by atoms with Crippen LogP contribution in [0.4, 0.5) is 11.4 Å². The standard InChI is InChI=1S/C34H29ClN2O3S2/c1-25-11-21-31(22-12-25)42(39,40)37(23-26-13-17-28(35)18-14-26)33-10-6-5-9-32(33)34(38)36-29-19-15-27(16-20-29)24-41-30-7-3-2-4-8-30/h2-22H,23-24H2,1H3,(H,36,38). The van der Waals surface area contributed by atoms with Gasteiger partial charge in [0.15, 0.2) is 0 Å². The number of thioether (sulfide) groups is 1. The minimum Gasteiger partial charge on any atom is -0.322 e. The first-order chi connectivity index (χ1) is 20.3. The maximum Gasteiger partial charge on any atom is 0.264 e. The van der Waals surface area contributed by atoms with E-state index in [1.54, 1.807) is 84.6 Å². The first-order valence-electron chi connectivity index (χ1n) is 13.3. The Kier molecular flexibility index (Phi) is 9.32. The van der Waals surface area contributed by atoms with Crippen molar-refractivity contribution in [3.63, 3.8) is 0 Å². The van der Waals surface area contributed by atoms with Gasteiger partial charge in [-0.1, -0.05) is 83.9 Å². The minimum atomic E-state index is -4.02. The first kappa shape index (κ1) is 29.5. The summed E-state index contributed by atoms with van der Waals surface area (Å²) in [5, 5.41) is 3.49. The van der Waals surface area contributed by atoms with Crippen molar-refractivity contribution in [3.8, 4) is 0 Å². The Labute approximate surface area is 256 Å². The van der Waals surface area contributed by atoms with Crippen LogP contribution >= 0.6 is 23.4 Å². The maximum atomic E-state index is 14.0. The lowest BCUT2D eigenvalue weighted by atomic mass is 10.1. The van der Waals surface area contributed by atoms with Crippen molar-refractivity contribution in [2.75, 3.05) is 9.62 Å². The Balaban J connectivity index is 1.41. The summed E-state index contributed by atoms with van der Waals surface area (Å²) in [5.74, 6) is 0.398. The number of hydrogen-bond donors (Lipinski definition) is 1. The van der Waals surface area contributed by atoms with E-state index in [0.717, 1.165) is 22.4 Å². The van der Waals surface area contributed by atoms with Gasteiger partial charge in [0.25, 0.3) is 15.9 Å². The molecule has 5 aromatic carbocycles. The third kappa shape index (κ3) is 7.23. The average molecular weight is 613 g/mol. The van der Waals surface area contributed by atoms with Crippen molar-refractivity contribution in [2.24, 2.45) is 0 Å². The number of anilines is 2. The Hall–Kier alpha value is -4.04. The molecule has 42 heavy (non-hydrogen) atoms. The van der Waals surface area contributed by atoms with Gasteiger partial charge >= 0.3 is 0 Å². The number of halogens is 1. The molecule has 0 saturated heterocycles. The van der Waals surface area contributed by atoms with Crippen LogP contribution in [0.1, 0.15) is 27.0 Å². The van der Waals surface area contributed by atoms with Crippen LogP contribution < -0.4 is 9.62 Å². The normalized spacial score (nSPS) is 11.2. The van der Waals surface area contributed by atoms with Gasteiger partial charge in [-0.2, -0.15) is 0 Å². The SMILES string of the molecule is Cc1ccc(S(=O)(=O)N(Cc2ccc(Cl)cc2)c2ccccc2C(=O)Nc2ccc(CSc3ccccc3)cc2)cc1. The molecule has 0 bridgehead atoms. The molecule has 8 heteroatoms. The summed E-state index contributed by atoms with van der Waals surface area (Å²) in [6.45, 7) is 1.92. The van der Waals surface area contributed by atoms with Gasteiger partial charge in [-0.25, -0.2) is 8.42 Å². The van der Waals surface area contributed by atoms with E-state index in [0.29, 0.717) is 10.7 Å². The van der Waals surface area contributed by atoms with Crippen LogP contribution in [0.15, 0.2) is 137 Å². The van der Waals surface area contributed by atoms with Gasteiger partial charge in [-0.15, -0.1) is 11.8 Å². The van der Waals surface area contributed by atoms with E-state index in [-0.39, 0.29) is 22.7 Å². The molecule has 1 amide bonds. The molecule has 0 aliphatic heterocycles. The molecule has 1 N–H and O–H groups in total. The van der Waals surface area contributed by atoms with Crippen LogP contribution in [0.2, 0.25) is 5.02 Å². The molecular weight excluding hydrogens is 584 g/mol. The van der Waals surface area contributed by atoms with E-state index in [9.17, 15) is 13.2 Å². The van der Waals surface area contributed by atoms with E-state index in [4.69, 9.17) is 11.6 Å². The highest BCUT2D eigenvalue weighted by molar-refractivity contribution is 7.98. The number of nitrogens with one attached hydrogen (secondary N) is 1. The second-order valence-corrected chi connectivity index (χ2v) is 13.1. The van der Waals surface area contributed by atoms with Crippen molar-refractivity contribution in [2.45, 2.75) is 29.0 Å². The molecule has 5 nitrogen and oxygen atoms in total. The van der Waals surface area contributed by atoms with E-state index >= 15 is 0 Å². The zero-order chi connectivity index (χ0) is 29.5. The van der Waals surface area contributed by atoms with E-state index in [1.807, 2.05) is 49.4 Å². The molecule has 5 aromatic rings. The third-order valence-corrected chi connectivity index (χ3v) is 9.74. The van der Waals surface area contributed by atoms with Gasteiger partial charge < -0.3 is 5.32 Å². The van der Waals surface area contributed by atoms with Gasteiger partial charge in [0, 0.05) is 21.4 Å². The van der Waals surface area contributed by atoms with Gasteiger partial charge in [0.2, 0.25) is 0 Å². The second-order valence-electron chi connectivity index (χ2n) is 9.72. The van der Waals surface area contributed by atoms with Crippen LogP contribution in [-0.4, -0.2) is 14.3 Å². The van der Waals surface area contributed by atoms with Crippen LogP contribution in [0, 0.1) is 6.92 Å². The van der Waals surface area contributed by atoms with Crippen molar-refractivity contribution in [3.05, 3.63) is 155 Å². The molecule has 0 saturated carbocycles. The third-order valence-electron chi connectivity index (χ3n) is 6.63. The Bertz CT molecular complexity index is 1760. The number of sulfonamides is 1. The monoisotopic (exact) mass is 612 g/mol. The zero-order valence-electron chi connectivity index (χ0n) is 22.9. The largest absolute Gasteiger partial charge is 0.322 e. The molecule has 0 aliphatic carbocycles. The van der Waals surface area contributed by atoms with Crippen LogP contribution in [0.5, 0.6) is 0 Å². The molecule has 0 fully saturated rings. The fourth-order valence-electron chi connectivity index (χ4n) is 4.34. The van der Waals surface area contributed by atoms with Crippen LogP contribution in [0.3, 0.4) is 0 Å². The van der Waals surface area contributed by atoms with Gasteiger partial charge in [0.1, 0.15) is 0 Å². The number of para-hydroxylation sites is 1. The summed E-state index contributed by atoms with van der Waals surface area (Å²) in [5.41, 5.74) is 3.94. The molecule has 0 spiro atoms. The first-order valence-corrected chi connectivity index (χ1v) is 16.1. The maximum absolute atomic E-state index is 14.0. The highest BCUT2D eigenvalue weighted by Gasteiger charge is 2.28. The predicted molar refractivity (Wildman–Crippen MR) is 173 cm³/mol. The summed E-state index contributed by atoms with van der Waals surface area (Å²) in [6.07, 6.45) is 0. The highest BCUT2D eigenvalue weighted by Crippen LogP contribution is 2.31. The Morgan fingerprint density at radius 3 is 2.07 bits per heavy atom. The summed E-state index contributed by atoms with van der Waals surface area (Å²) in [7, 11) is -4.02. The smallest absolute Gasteiger partial charge is 0.264 e. The minimum absolute atomic E-state index is 0.0193. The summed E-state index contributed by atoms with van der Waals surface area (Å²) >= 11 is 7.82. The number of amides is 1. The van der Waals surface area contributed by atoms with Crippen molar-refractivity contribution < 1.29 is 13.2 Å². The van der Waals surface area contributed by atoms with Gasteiger partial charge in [-0.05, 0) is 78.7 Å². The second kappa shape index (κ2) is 13.3. The lowest BCUT2D eigenvalue weighted by Gasteiger charge is -2.27. The topological polar surface area (TPSA) is 66.5 Å². The van der Waals surface area contributed by atoms with Crippen molar-refractivity contribution >= 4 is 50.7 Å². The van der Waals surface area contributed by atoms with E-state index < -0.39 is 15.9 Å². The lowest BCUT2D eigenvalue weighted by molar-refractivity contribution is 0.102. The fraction of sp³-hybridized carbons (Fsp3) is 0.0882. The summed E-state index contributed by atoms with van der Waals surface area (Å²) in [6, 6.07) is 38.3. The molecule has 212 valence electrons. The summed E-state index contributed by atoms with van der Waals surface area (Å²) < 4.78 is 29.3. The molecule has 0 unspecified atom stereocenters. The molecule has 0 aliphatic rings. The van der Waals surface area contributed by atoms with Gasteiger partial charge in [0.05, 0.1) is 22.7 Å². The molecule has 0 atom stereocenters. The van der Waals surface area contributed by atoms with Gasteiger partial charge in [-0.3, -0.25) is 9.10 Å². The van der Waals surface area contributed by atoms with E-state index in [1.165, 1.54) is 9.20 Å². The molecule has 0 radical (unpaired) electrons. The number of aryl methyl sites for hydroxylation is 1. The van der Waals surface area contributed by atoms with Crippen molar-refractivity contribution in [1.29, 1.82) is 0 Å². The number of rotatable bonds is 10. The molecule has 0 heterocycles. The number of benzene rings is 5. The predicted octanol–water partition coefficient (Wildman–Crippen LogP) is 8.59. The molecule has 0 aromatic heterocycles. The van der Waals surface area contributed by atoms with E-state index in [2.05, 4.69) is 17.4 Å². The Morgan fingerprint density at radius 2 is 1.38 bits per heavy atom. The zero-order valence-corrected chi connectivity index (χ0v) is 25.3. The number of nitrogens with zero attached hydrogens (tertiary/aromatic N) is 1.